The number of likely N-dealkylation sites (N-methyl/N-ethyl adjacent to an activating group) is 1. The molecule has 1 amide bonds. The second-order valence-electron chi connectivity index (χ2n) is 10.7. The van der Waals surface area contributed by atoms with Gasteiger partial charge in [-0.25, -0.2) is 8.42 Å². The highest BCUT2D eigenvalue weighted by atomic mass is 32.2. The minimum atomic E-state index is -3.67. The van der Waals surface area contributed by atoms with Crippen molar-refractivity contribution in [3.05, 3.63) is 23.3 Å². The Kier molecular flexibility index (Phi) is 10.2. The molecule has 9 heteroatoms. The number of methoxy groups -OCH3 is 1. The Morgan fingerprint density at radius 3 is 2.06 bits per heavy atom. The van der Waals surface area contributed by atoms with Crippen LogP contribution in [0.2, 0.25) is 0 Å². The van der Waals surface area contributed by atoms with E-state index in [1.54, 1.807) is 40.1 Å². The summed E-state index contributed by atoms with van der Waals surface area (Å²) in [4.78, 5) is 17.4. The van der Waals surface area contributed by atoms with E-state index >= 15 is 0 Å². The molecule has 8 nitrogen and oxygen atoms in total. The van der Waals surface area contributed by atoms with Gasteiger partial charge in [-0.3, -0.25) is 4.79 Å². The quantitative estimate of drug-likeness (QED) is 0.438. The zero-order valence-electron chi connectivity index (χ0n) is 23.0. The van der Waals surface area contributed by atoms with E-state index in [2.05, 4.69) is 18.7 Å². The molecule has 0 aliphatic carbocycles. The van der Waals surface area contributed by atoms with Crippen LogP contribution in [0.3, 0.4) is 0 Å². The van der Waals surface area contributed by atoms with Crippen LogP contribution in [0.15, 0.2) is 17.0 Å². The maximum absolute atomic E-state index is 13.1. The first kappa shape index (κ1) is 28.9. The molecule has 0 atom stereocenters. The first-order valence-corrected chi connectivity index (χ1v) is 14.7. The lowest BCUT2D eigenvalue weighted by Gasteiger charge is -2.41. The van der Waals surface area contributed by atoms with Crippen LogP contribution in [0, 0.1) is 25.7 Å². The van der Waals surface area contributed by atoms with Gasteiger partial charge in [0.05, 0.1) is 18.6 Å². The van der Waals surface area contributed by atoms with E-state index in [0.717, 1.165) is 31.8 Å². The highest BCUT2D eigenvalue weighted by Crippen LogP contribution is 2.33. The number of carbonyl (C=O) groups excluding carboxylic acids is 1. The molecule has 36 heavy (non-hydrogen) atoms. The molecule has 0 unspecified atom stereocenters. The number of ether oxygens (including phenoxy) is 2. The van der Waals surface area contributed by atoms with Gasteiger partial charge in [-0.05, 0) is 102 Å². The van der Waals surface area contributed by atoms with Crippen LogP contribution < -0.4 is 4.74 Å². The fourth-order valence-electron chi connectivity index (χ4n) is 5.68. The molecule has 2 heterocycles. The van der Waals surface area contributed by atoms with E-state index in [1.165, 1.54) is 30.2 Å². The maximum Gasteiger partial charge on any atom is 0.248 e. The summed E-state index contributed by atoms with van der Waals surface area (Å²) < 4.78 is 38.4. The summed E-state index contributed by atoms with van der Waals surface area (Å²) in [6.45, 7) is 12.4. The largest absolute Gasteiger partial charge is 0.497 e. The SMILES string of the molecule is COc1cc(C)c(S(=O)(=O)N(C)CCOCC(=O)N2CCC(C3CCN(C(C)C)CC3)CC2)c(C)c1. The van der Waals surface area contributed by atoms with E-state index in [4.69, 9.17) is 9.47 Å². The second-order valence-corrected chi connectivity index (χ2v) is 12.6. The molecular formula is C27H45N3O5S. The van der Waals surface area contributed by atoms with E-state index in [0.29, 0.717) is 33.7 Å². The second kappa shape index (κ2) is 12.7. The van der Waals surface area contributed by atoms with Gasteiger partial charge in [-0.15, -0.1) is 0 Å². The van der Waals surface area contributed by atoms with Crippen LogP contribution in [0.1, 0.15) is 50.7 Å². The van der Waals surface area contributed by atoms with Crippen molar-refractivity contribution in [2.75, 3.05) is 60.1 Å². The summed E-state index contributed by atoms with van der Waals surface area (Å²) in [5, 5.41) is 0. The number of nitrogens with zero attached hydrogens (tertiary/aromatic N) is 3. The van der Waals surface area contributed by atoms with Crippen molar-refractivity contribution in [1.82, 2.24) is 14.1 Å². The van der Waals surface area contributed by atoms with Crippen LogP contribution in [0.25, 0.3) is 0 Å². The number of carbonyl (C=O) groups is 1. The Morgan fingerprint density at radius 2 is 1.56 bits per heavy atom. The van der Waals surface area contributed by atoms with Gasteiger partial charge in [0.25, 0.3) is 0 Å². The van der Waals surface area contributed by atoms with Crippen molar-refractivity contribution in [3.63, 3.8) is 0 Å². The van der Waals surface area contributed by atoms with Crippen LogP contribution in [0.4, 0.5) is 0 Å². The van der Waals surface area contributed by atoms with E-state index in [-0.39, 0.29) is 25.7 Å². The third kappa shape index (κ3) is 7.00. The fraction of sp³-hybridized carbons (Fsp3) is 0.741. The Morgan fingerprint density at radius 1 is 1.03 bits per heavy atom. The summed E-state index contributed by atoms with van der Waals surface area (Å²) >= 11 is 0. The maximum atomic E-state index is 13.1. The fourth-order valence-corrected chi connectivity index (χ4v) is 7.24. The van der Waals surface area contributed by atoms with Crippen molar-refractivity contribution in [1.29, 1.82) is 0 Å². The number of sulfonamides is 1. The van der Waals surface area contributed by atoms with Gasteiger partial charge in [0.1, 0.15) is 12.4 Å². The molecular weight excluding hydrogens is 478 g/mol. The molecule has 3 rings (SSSR count). The van der Waals surface area contributed by atoms with E-state index < -0.39 is 10.0 Å². The molecule has 2 fully saturated rings. The lowest BCUT2D eigenvalue weighted by atomic mass is 9.78. The first-order chi connectivity index (χ1) is 17.0. The van der Waals surface area contributed by atoms with Gasteiger partial charge in [-0.1, -0.05) is 0 Å². The highest BCUT2D eigenvalue weighted by Gasteiger charge is 2.31. The molecule has 0 radical (unpaired) electrons. The monoisotopic (exact) mass is 523 g/mol. The highest BCUT2D eigenvalue weighted by molar-refractivity contribution is 7.89. The molecule has 0 aromatic heterocycles. The Hall–Kier alpha value is -1.68. The third-order valence-electron chi connectivity index (χ3n) is 7.98. The number of rotatable bonds is 10. The molecule has 1 aromatic rings. The number of likely N-dealkylation sites (tertiary alicyclic amines) is 2. The predicted octanol–water partition coefficient (Wildman–Crippen LogP) is 3.31. The molecule has 1 aromatic carbocycles. The molecule has 0 bridgehead atoms. The number of hydrogen-bond acceptors (Lipinski definition) is 6. The van der Waals surface area contributed by atoms with Gasteiger partial charge in [-0.2, -0.15) is 4.31 Å². The summed E-state index contributed by atoms with van der Waals surface area (Å²) in [6.07, 6.45) is 4.68. The molecule has 2 aliphatic rings. The Balaban J connectivity index is 1.40. The molecule has 2 saturated heterocycles. The van der Waals surface area contributed by atoms with Crippen molar-refractivity contribution in [3.8, 4) is 5.75 Å². The van der Waals surface area contributed by atoms with Gasteiger partial charge in [0.15, 0.2) is 0 Å². The normalized spacial score (nSPS) is 18.8. The first-order valence-electron chi connectivity index (χ1n) is 13.3. The van der Waals surface area contributed by atoms with Gasteiger partial charge in [0.2, 0.25) is 15.9 Å². The predicted molar refractivity (Wildman–Crippen MR) is 142 cm³/mol. The topological polar surface area (TPSA) is 79.4 Å². The van der Waals surface area contributed by atoms with Crippen LogP contribution in [-0.2, 0) is 19.6 Å². The zero-order chi connectivity index (χ0) is 26.5. The molecule has 0 saturated carbocycles. The Labute approximate surface area is 218 Å². The average Bonchev–Trinajstić information content (AvgIpc) is 2.85. The van der Waals surface area contributed by atoms with Crippen molar-refractivity contribution in [2.45, 2.75) is 64.3 Å². The van der Waals surface area contributed by atoms with Crippen LogP contribution >= 0.6 is 0 Å². The van der Waals surface area contributed by atoms with Gasteiger partial charge in [0, 0.05) is 32.7 Å². The molecule has 204 valence electrons. The minimum absolute atomic E-state index is 0.00423. The standard InChI is InChI=1S/C27H45N3O5S/c1-20(2)29-11-7-23(8-12-29)24-9-13-30(14-10-24)26(31)19-35-16-15-28(5)36(32,33)27-21(3)17-25(34-6)18-22(27)4/h17-18,20,23-24H,7-16,19H2,1-6H3. The Bertz CT molecular complexity index is 958. The number of aryl methyl sites for hydroxylation is 2. The smallest absolute Gasteiger partial charge is 0.248 e. The summed E-state index contributed by atoms with van der Waals surface area (Å²) in [5.74, 6) is 2.13. The van der Waals surface area contributed by atoms with Crippen LogP contribution in [-0.4, -0.2) is 94.6 Å². The minimum Gasteiger partial charge on any atom is -0.497 e. The number of amides is 1. The number of benzene rings is 1. The van der Waals surface area contributed by atoms with Crippen molar-refractivity contribution in [2.24, 2.45) is 11.8 Å². The molecule has 0 N–H and O–H groups in total. The van der Waals surface area contributed by atoms with E-state index in [1.807, 2.05) is 4.90 Å². The average molecular weight is 524 g/mol. The van der Waals surface area contributed by atoms with Gasteiger partial charge >= 0.3 is 0 Å². The zero-order valence-corrected chi connectivity index (χ0v) is 23.8. The number of piperidine rings is 2. The third-order valence-corrected chi connectivity index (χ3v) is 10.1. The van der Waals surface area contributed by atoms with Crippen molar-refractivity contribution >= 4 is 15.9 Å². The van der Waals surface area contributed by atoms with Crippen LogP contribution in [0.5, 0.6) is 5.75 Å². The summed E-state index contributed by atoms with van der Waals surface area (Å²) in [7, 11) is -0.569. The summed E-state index contributed by atoms with van der Waals surface area (Å²) in [5.41, 5.74) is 1.28. The summed E-state index contributed by atoms with van der Waals surface area (Å²) in [6, 6.07) is 4.07. The molecule has 2 aliphatic heterocycles. The lowest BCUT2D eigenvalue weighted by Crippen LogP contribution is -2.45. The lowest BCUT2D eigenvalue weighted by molar-refractivity contribution is -0.137. The van der Waals surface area contributed by atoms with E-state index in [9.17, 15) is 13.2 Å². The van der Waals surface area contributed by atoms with Gasteiger partial charge < -0.3 is 19.3 Å². The molecule has 0 spiro atoms. The van der Waals surface area contributed by atoms with Crippen molar-refractivity contribution < 1.29 is 22.7 Å². The number of hydrogen-bond donors (Lipinski definition) is 0.